The Kier molecular flexibility index (Phi) is 6.69. The zero-order chi connectivity index (χ0) is 13.7. The summed E-state index contributed by atoms with van der Waals surface area (Å²) >= 11 is 0. The molecule has 0 aromatic heterocycles. The molecule has 1 aliphatic carbocycles. The van der Waals surface area contributed by atoms with Crippen molar-refractivity contribution in [2.24, 2.45) is 16.6 Å². The molecule has 1 aromatic carbocycles. The number of para-hydroxylation sites is 1. The minimum absolute atomic E-state index is 0. The van der Waals surface area contributed by atoms with Crippen LogP contribution < -0.4 is 11.1 Å². The number of aliphatic imine (C=N–C) groups is 1. The van der Waals surface area contributed by atoms with Crippen molar-refractivity contribution in [1.82, 2.24) is 5.32 Å². The minimum Gasteiger partial charge on any atom is -0.370 e. The van der Waals surface area contributed by atoms with Crippen molar-refractivity contribution in [2.45, 2.75) is 25.8 Å². The van der Waals surface area contributed by atoms with Crippen LogP contribution in [0.5, 0.6) is 0 Å². The largest absolute Gasteiger partial charge is 0.370 e. The van der Waals surface area contributed by atoms with Gasteiger partial charge in [0, 0.05) is 12.6 Å². The molecule has 0 heterocycles. The Morgan fingerprint density at radius 3 is 2.75 bits per heavy atom. The predicted octanol–water partition coefficient (Wildman–Crippen LogP) is 2.42. The van der Waals surface area contributed by atoms with Gasteiger partial charge >= 0.3 is 0 Å². The molecule has 0 amide bonds. The summed E-state index contributed by atoms with van der Waals surface area (Å²) in [6.45, 7) is 1.06. The Hall–Kier alpha value is -1.38. The molecule has 110 valence electrons. The summed E-state index contributed by atoms with van der Waals surface area (Å²) < 4.78 is 0. The first-order valence-electron chi connectivity index (χ1n) is 6.43. The first-order chi connectivity index (χ1) is 9.16. The molecule has 0 unspecified atom stereocenters. The van der Waals surface area contributed by atoms with Gasteiger partial charge in [-0.25, -0.2) is 4.99 Å². The van der Waals surface area contributed by atoms with E-state index in [4.69, 9.17) is 5.73 Å². The summed E-state index contributed by atoms with van der Waals surface area (Å²) in [5.41, 5.74) is 6.40. The number of nitro groups is 1. The number of nitrogens with zero attached hydrogens (tertiary/aromatic N) is 2. The number of halogens is 1. The first-order valence-corrected chi connectivity index (χ1v) is 6.43. The van der Waals surface area contributed by atoms with Gasteiger partial charge in [0.1, 0.15) is 0 Å². The van der Waals surface area contributed by atoms with E-state index in [1.54, 1.807) is 18.2 Å². The minimum atomic E-state index is -0.400. The van der Waals surface area contributed by atoms with Crippen LogP contribution in [0.3, 0.4) is 0 Å². The van der Waals surface area contributed by atoms with E-state index >= 15 is 0 Å². The number of hydrogen-bond acceptors (Lipinski definition) is 3. The lowest BCUT2D eigenvalue weighted by atomic mass is 9.85. The molecule has 3 N–H and O–H groups in total. The molecule has 0 aliphatic heterocycles. The van der Waals surface area contributed by atoms with E-state index in [1.807, 2.05) is 0 Å². The summed E-state index contributed by atoms with van der Waals surface area (Å²) in [6, 6.07) is 6.57. The van der Waals surface area contributed by atoms with E-state index in [0.29, 0.717) is 17.4 Å². The summed E-state index contributed by atoms with van der Waals surface area (Å²) in [4.78, 5) is 14.6. The molecule has 1 aromatic rings. The van der Waals surface area contributed by atoms with Gasteiger partial charge in [-0.2, -0.15) is 0 Å². The Labute approximate surface area is 135 Å². The van der Waals surface area contributed by atoms with E-state index in [0.717, 1.165) is 6.54 Å². The van der Waals surface area contributed by atoms with Gasteiger partial charge in [-0.3, -0.25) is 10.1 Å². The molecule has 1 saturated carbocycles. The van der Waals surface area contributed by atoms with Crippen LogP contribution in [0.25, 0.3) is 0 Å². The van der Waals surface area contributed by atoms with Crippen LogP contribution in [0.1, 0.15) is 24.8 Å². The highest BCUT2D eigenvalue weighted by atomic mass is 127. The van der Waals surface area contributed by atoms with Crippen LogP contribution in [0.2, 0.25) is 0 Å². The van der Waals surface area contributed by atoms with Gasteiger partial charge in [-0.15, -0.1) is 24.0 Å². The molecule has 0 radical (unpaired) electrons. The third-order valence-electron chi connectivity index (χ3n) is 3.40. The Morgan fingerprint density at radius 1 is 1.45 bits per heavy atom. The SMILES string of the molecule is I.NC(=NCc1ccccc1[N+](=O)[O-])NCC1CCC1. The lowest BCUT2D eigenvalue weighted by Gasteiger charge is -2.25. The second kappa shape index (κ2) is 8.03. The first kappa shape index (κ1) is 16.7. The van der Waals surface area contributed by atoms with Crippen molar-refractivity contribution in [2.75, 3.05) is 6.54 Å². The van der Waals surface area contributed by atoms with Crippen molar-refractivity contribution in [1.29, 1.82) is 0 Å². The predicted molar refractivity (Wildman–Crippen MR) is 89.2 cm³/mol. The average Bonchev–Trinajstić information content (AvgIpc) is 2.34. The van der Waals surface area contributed by atoms with Gasteiger partial charge in [0.25, 0.3) is 5.69 Å². The third-order valence-corrected chi connectivity index (χ3v) is 3.40. The monoisotopic (exact) mass is 390 g/mol. The number of nitrogens with two attached hydrogens (primary N) is 1. The quantitative estimate of drug-likeness (QED) is 0.266. The van der Waals surface area contributed by atoms with Crippen molar-refractivity contribution in [3.8, 4) is 0 Å². The van der Waals surface area contributed by atoms with Gasteiger partial charge in [0.15, 0.2) is 5.96 Å². The van der Waals surface area contributed by atoms with Crippen LogP contribution in [0.4, 0.5) is 5.69 Å². The molecular weight excluding hydrogens is 371 g/mol. The summed E-state index contributed by atoms with van der Waals surface area (Å²) in [5.74, 6) is 1.05. The van der Waals surface area contributed by atoms with E-state index in [1.165, 1.54) is 25.3 Å². The zero-order valence-corrected chi connectivity index (χ0v) is 13.4. The molecule has 0 atom stereocenters. The van der Waals surface area contributed by atoms with Crippen LogP contribution >= 0.6 is 24.0 Å². The fraction of sp³-hybridized carbons (Fsp3) is 0.462. The van der Waals surface area contributed by atoms with E-state index in [-0.39, 0.29) is 36.2 Å². The van der Waals surface area contributed by atoms with Crippen molar-refractivity contribution in [3.63, 3.8) is 0 Å². The van der Waals surface area contributed by atoms with Gasteiger partial charge in [0.2, 0.25) is 0 Å². The molecule has 2 rings (SSSR count). The number of rotatable bonds is 5. The lowest BCUT2D eigenvalue weighted by molar-refractivity contribution is -0.385. The van der Waals surface area contributed by atoms with Crippen LogP contribution in [0, 0.1) is 16.0 Å². The van der Waals surface area contributed by atoms with Crippen molar-refractivity contribution < 1.29 is 4.92 Å². The van der Waals surface area contributed by atoms with Crippen LogP contribution in [0.15, 0.2) is 29.3 Å². The maximum atomic E-state index is 10.8. The standard InChI is InChI=1S/C13H18N4O2.HI/c14-13(15-8-10-4-3-5-10)16-9-11-6-1-2-7-12(11)17(18)19;/h1-2,6-7,10H,3-5,8-9H2,(H3,14,15,16);1H. The molecule has 1 aliphatic rings. The molecule has 7 heteroatoms. The normalized spacial score (nSPS) is 15.1. The third kappa shape index (κ3) is 4.62. The summed E-state index contributed by atoms with van der Waals surface area (Å²) in [5, 5.41) is 13.9. The number of benzene rings is 1. The fourth-order valence-electron chi connectivity index (χ4n) is 1.99. The second-order valence-corrected chi connectivity index (χ2v) is 4.77. The average molecular weight is 390 g/mol. The van der Waals surface area contributed by atoms with Crippen molar-refractivity contribution in [3.05, 3.63) is 39.9 Å². The molecule has 0 bridgehead atoms. The Morgan fingerprint density at radius 2 is 2.15 bits per heavy atom. The lowest BCUT2D eigenvalue weighted by Crippen LogP contribution is -2.37. The fourth-order valence-corrected chi connectivity index (χ4v) is 1.99. The highest BCUT2D eigenvalue weighted by molar-refractivity contribution is 14.0. The number of hydrogen-bond donors (Lipinski definition) is 2. The molecule has 0 spiro atoms. The molecule has 1 fully saturated rings. The zero-order valence-electron chi connectivity index (χ0n) is 11.1. The highest BCUT2D eigenvalue weighted by Crippen LogP contribution is 2.25. The smallest absolute Gasteiger partial charge is 0.274 e. The Bertz CT molecular complexity index is 489. The van der Waals surface area contributed by atoms with Crippen molar-refractivity contribution >= 4 is 35.6 Å². The Balaban J connectivity index is 0.00000200. The maximum absolute atomic E-state index is 10.8. The van der Waals surface area contributed by atoms with E-state index < -0.39 is 4.92 Å². The van der Waals surface area contributed by atoms with Gasteiger partial charge in [-0.05, 0) is 18.8 Å². The van der Waals surface area contributed by atoms with Gasteiger partial charge < -0.3 is 11.1 Å². The van der Waals surface area contributed by atoms with Crippen LogP contribution in [-0.2, 0) is 6.54 Å². The summed E-state index contributed by atoms with van der Waals surface area (Å²) in [7, 11) is 0. The molecular formula is C13H19IN4O2. The van der Waals surface area contributed by atoms with Gasteiger partial charge in [-0.1, -0.05) is 24.6 Å². The number of guanidine groups is 1. The molecule has 0 saturated heterocycles. The van der Waals surface area contributed by atoms with E-state index in [9.17, 15) is 10.1 Å². The highest BCUT2D eigenvalue weighted by Gasteiger charge is 2.17. The molecule has 20 heavy (non-hydrogen) atoms. The molecule has 6 nitrogen and oxygen atoms in total. The van der Waals surface area contributed by atoms with Crippen LogP contribution in [-0.4, -0.2) is 17.4 Å². The second-order valence-electron chi connectivity index (χ2n) is 4.77. The topological polar surface area (TPSA) is 93.5 Å². The number of nitro benzene ring substituents is 1. The van der Waals surface area contributed by atoms with E-state index in [2.05, 4.69) is 10.3 Å². The number of nitrogens with one attached hydrogen (secondary N) is 1. The van der Waals surface area contributed by atoms with Gasteiger partial charge in [0.05, 0.1) is 17.0 Å². The maximum Gasteiger partial charge on any atom is 0.274 e. The summed E-state index contributed by atoms with van der Waals surface area (Å²) in [6.07, 6.45) is 3.77.